The summed E-state index contributed by atoms with van der Waals surface area (Å²) < 4.78 is 0. The smallest absolute Gasteiger partial charge is 0.163 e. The minimum atomic E-state index is 0.232. The van der Waals surface area contributed by atoms with Gasteiger partial charge in [-0.2, -0.15) is 10.4 Å². The number of nitriles is 1. The van der Waals surface area contributed by atoms with Crippen LogP contribution in [0.5, 0.6) is 0 Å². The third kappa shape index (κ3) is 1.57. The molecule has 0 radical (unpaired) electrons. The lowest BCUT2D eigenvalue weighted by atomic mass is 10.1. The zero-order valence-electron chi connectivity index (χ0n) is 8.78. The predicted octanol–water partition coefficient (Wildman–Crippen LogP) is 1.57. The number of nitrogens with two attached hydrogens (primary N) is 1. The van der Waals surface area contributed by atoms with E-state index < -0.39 is 0 Å². The second-order valence-corrected chi connectivity index (χ2v) is 3.30. The van der Waals surface area contributed by atoms with Gasteiger partial charge in [-0.1, -0.05) is 12.1 Å². The monoisotopic (exact) mass is 213 g/mol. The van der Waals surface area contributed by atoms with Gasteiger partial charge in [0.05, 0.1) is 5.69 Å². The second-order valence-electron chi connectivity index (χ2n) is 3.30. The van der Waals surface area contributed by atoms with Crippen LogP contribution in [-0.4, -0.2) is 17.2 Å². The third-order valence-electron chi connectivity index (χ3n) is 2.37. The molecular weight excluding hydrogens is 202 g/mol. The summed E-state index contributed by atoms with van der Waals surface area (Å²) in [5.41, 5.74) is 8.51. The van der Waals surface area contributed by atoms with Gasteiger partial charge in [-0.05, 0) is 12.1 Å². The Morgan fingerprint density at radius 1 is 1.38 bits per heavy atom. The van der Waals surface area contributed by atoms with Gasteiger partial charge in [-0.15, -0.1) is 0 Å². The number of aromatic nitrogens is 2. The first-order chi connectivity index (χ1) is 7.76. The number of nitrogen functional groups attached to an aromatic ring is 1. The maximum Gasteiger partial charge on any atom is 0.163 e. The molecule has 1 aromatic carbocycles. The van der Waals surface area contributed by atoms with E-state index in [-0.39, 0.29) is 5.82 Å². The molecule has 0 fully saturated rings. The molecule has 2 rings (SSSR count). The first-order valence-corrected chi connectivity index (χ1v) is 4.78. The van der Waals surface area contributed by atoms with Crippen molar-refractivity contribution in [3.63, 3.8) is 0 Å². The van der Waals surface area contributed by atoms with Crippen molar-refractivity contribution < 1.29 is 0 Å². The van der Waals surface area contributed by atoms with Gasteiger partial charge in [-0.3, -0.25) is 5.10 Å². The maximum atomic E-state index is 8.95. The molecule has 0 aliphatic carbocycles. The molecule has 0 aliphatic heterocycles. The molecule has 80 valence electrons. The van der Waals surface area contributed by atoms with E-state index in [4.69, 9.17) is 11.0 Å². The minimum Gasteiger partial charge on any atom is -0.388 e. The molecule has 5 nitrogen and oxygen atoms in total. The van der Waals surface area contributed by atoms with Crippen LogP contribution in [0.1, 0.15) is 5.56 Å². The lowest BCUT2D eigenvalue weighted by Gasteiger charge is -2.01. The molecule has 0 atom stereocenters. The van der Waals surface area contributed by atoms with E-state index >= 15 is 0 Å². The number of rotatable bonds is 2. The molecule has 0 aliphatic rings. The molecule has 2 aromatic rings. The van der Waals surface area contributed by atoms with Crippen LogP contribution in [-0.2, 0) is 0 Å². The quantitative estimate of drug-likeness (QED) is 0.706. The molecule has 1 aromatic heterocycles. The molecule has 0 unspecified atom stereocenters. The zero-order valence-corrected chi connectivity index (χ0v) is 8.78. The van der Waals surface area contributed by atoms with E-state index in [1.165, 1.54) is 0 Å². The van der Waals surface area contributed by atoms with E-state index in [0.29, 0.717) is 11.3 Å². The Kier molecular flexibility index (Phi) is 2.48. The van der Waals surface area contributed by atoms with Crippen LogP contribution in [0.25, 0.3) is 11.3 Å². The average Bonchev–Trinajstić information content (AvgIpc) is 2.70. The lowest BCUT2D eigenvalue weighted by Crippen LogP contribution is -1.89. The van der Waals surface area contributed by atoms with Gasteiger partial charge in [-0.25, -0.2) is 0 Å². The van der Waals surface area contributed by atoms with Crippen LogP contribution in [0.2, 0.25) is 0 Å². The SMILES string of the molecule is CNc1ccc(-c2[nH]nc(N)c2C#N)cc1. The standard InChI is InChI=1S/C11H11N5/c1-14-8-4-2-7(3-5-8)10-9(6-12)11(13)16-15-10/h2-5,14H,1H3,(H3,13,15,16). The van der Waals surface area contributed by atoms with E-state index in [2.05, 4.69) is 15.5 Å². The summed E-state index contributed by atoms with van der Waals surface area (Å²) in [4.78, 5) is 0. The Morgan fingerprint density at radius 3 is 2.62 bits per heavy atom. The van der Waals surface area contributed by atoms with Crippen molar-refractivity contribution in [2.24, 2.45) is 0 Å². The average molecular weight is 213 g/mol. The first kappa shape index (κ1) is 10.1. The molecule has 0 bridgehead atoms. The molecule has 1 heterocycles. The fourth-order valence-electron chi connectivity index (χ4n) is 1.48. The molecule has 16 heavy (non-hydrogen) atoms. The summed E-state index contributed by atoms with van der Waals surface area (Å²) in [5.74, 6) is 0.232. The van der Waals surface area contributed by atoms with Gasteiger partial charge < -0.3 is 11.1 Å². The highest BCUT2D eigenvalue weighted by Crippen LogP contribution is 2.25. The van der Waals surface area contributed by atoms with E-state index in [9.17, 15) is 0 Å². The highest BCUT2D eigenvalue weighted by Gasteiger charge is 2.11. The van der Waals surface area contributed by atoms with Crippen molar-refractivity contribution in [2.45, 2.75) is 0 Å². The number of aromatic amines is 1. The largest absolute Gasteiger partial charge is 0.388 e. The minimum absolute atomic E-state index is 0.232. The molecule has 0 amide bonds. The van der Waals surface area contributed by atoms with Gasteiger partial charge in [0.2, 0.25) is 0 Å². The number of benzene rings is 1. The number of hydrogen-bond donors (Lipinski definition) is 3. The fraction of sp³-hybridized carbons (Fsp3) is 0.0909. The zero-order chi connectivity index (χ0) is 11.5. The molecule has 0 saturated carbocycles. The van der Waals surface area contributed by atoms with Crippen LogP contribution in [0.4, 0.5) is 11.5 Å². The van der Waals surface area contributed by atoms with Crippen LogP contribution in [0.3, 0.4) is 0 Å². The Hall–Kier alpha value is -2.48. The van der Waals surface area contributed by atoms with Crippen molar-refractivity contribution in [1.82, 2.24) is 10.2 Å². The van der Waals surface area contributed by atoms with Crippen molar-refractivity contribution in [3.05, 3.63) is 29.8 Å². The van der Waals surface area contributed by atoms with Crippen molar-refractivity contribution >= 4 is 11.5 Å². The van der Waals surface area contributed by atoms with E-state index in [1.54, 1.807) is 0 Å². The molecule has 4 N–H and O–H groups in total. The number of anilines is 2. The van der Waals surface area contributed by atoms with Crippen molar-refractivity contribution in [2.75, 3.05) is 18.1 Å². The Bertz CT molecular complexity index is 532. The van der Waals surface area contributed by atoms with Gasteiger partial charge >= 0.3 is 0 Å². The summed E-state index contributed by atoms with van der Waals surface area (Å²) in [5, 5.41) is 18.6. The summed E-state index contributed by atoms with van der Waals surface area (Å²) in [6.07, 6.45) is 0. The molecule has 5 heteroatoms. The van der Waals surface area contributed by atoms with Crippen LogP contribution >= 0.6 is 0 Å². The highest BCUT2D eigenvalue weighted by molar-refractivity contribution is 5.73. The number of nitrogens with zero attached hydrogens (tertiary/aromatic N) is 2. The molecule has 0 saturated heterocycles. The topological polar surface area (TPSA) is 90.5 Å². The number of H-pyrrole nitrogens is 1. The predicted molar refractivity (Wildman–Crippen MR) is 62.7 cm³/mol. The Balaban J connectivity index is 2.47. The number of nitrogens with one attached hydrogen (secondary N) is 2. The third-order valence-corrected chi connectivity index (χ3v) is 2.37. The van der Waals surface area contributed by atoms with Crippen LogP contribution in [0.15, 0.2) is 24.3 Å². The van der Waals surface area contributed by atoms with Crippen molar-refractivity contribution in [1.29, 1.82) is 5.26 Å². The van der Waals surface area contributed by atoms with Gasteiger partial charge in [0.1, 0.15) is 11.6 Å². The second kappa shape index (κ2) is 3.95. The van der Waals surface area contributed by atoms with Crippen LogP contribution in [0, 0.1) is 11.3 Å². The fourth-order valence-corrected chi connectivity index (χ4v) is 1.48. The van der Waals surface area contributed by atoms with E-state index in [0.717, 1.165) is 11.3 Å². The van der Waals surface area contributed by atoms with Gasteiger partial charge in [0.25, 0.3) is 0 Å². The van der Waals surface area contributed by atoms with Crippen molar-refractivity contribution in [3.8, 4) is 17.3 Å². The summed E-state index contributed by atoms with van der Waals surface area (Å²) in [6.45, 7) is 0. The van der Waals surface area contributed by atoms with Gasteiger partial charge in [0.15, 0.2) is 5.82 Å². The summed E-state index contributed by atoms with van der Waals surface area (Å²) in [7, 11) is 1.85. The number of hydrogen-bond acceptors (Lipinski definition) is 4. The molecule has 0 spiro atoms. The normalized spacial score (nSPS) is 9.75. The Morgan fingerprint density at radius 2 is 2.06 bits per heavy atom. The molecular formula is C11H11N5. The van der Waals surface area contributed by atoms with E-state index in [1.807, 2.05) is 37.4 Å². The lowest BCUT2D eigenvalue weighted by molar-refractivity contribution is 1.10. The van der Waals surface area contributed by atoms with Crippen LogP contribution < -0.4 is 11.1 Å². The first-order valence-electron chi connectivity index (χ1n) is 4.78. The highest BCUT2D eigenvalue weighted by atomic mass is 15.2. The summed E-state index contributed by atoms with van der Waals surface area (Å²) >= 11 is 0. The maximum absolute atomic E-state index is 8.95. The van der Waals surface area contributed by atoms with Gasteiger partial charge in [0, 0.05) is 18.3 Å². The Labute approximate surface area is 92.9 Å². The summed E-state index contributed by atoms with van der Waals surface area (Å²) in [6, 6.07) is 9.69.